The number of carbonyl (C=O) groups excluding carboxylic acids is 2. The number of nitrogens with zero attached hydrogens (tertiary/aromatic N) is 1. The van der Waals surface area contributed by atoms with Gasteiger partial charge in [-0.05, 0) is 93.3 Å². The molecule has 2 aliphatic heterocycles. The van der Waals surface area contributed by atoms with E-state index < -0.39 is 5.97 Å². The third-order valence-corrected chi connectivity index (χ3v) is 7.46. The molecule has 8 heteroatoms. The minimum Gasteiger partial charge on any atom is -0.478 e. The fourth-order valence-corrected chi connectivity index (χ4v) is 5.14. The van der Waals surface area contributed by atoms with Gasteiger partial charge in [0.15, 0.2) is 0 Å². The molecule has 200 valence electrons. The van der Waals surface area contributed by atoms with Crippen molar-refractivity contribution < 1.29 is 19.5 Å². The number of aromatic carboxylic acids is 1. The average molecular weight is 525 g/mol. The number of hydrogen-bond donors (Lipinski definition) is 4. The maximum atomic E-state index is 13.2. The van der Waals surface area contributed by atoms with Crippen LogP contribution in [-0.4, -0.2) is 54.5 Å². The molecule has 0 unspecified atom stereocenters. The summed E-state index contributed by atoms with van der Waals surface area (Å²) < 4.78 is 0. The summed E-state index contributed by atoms with van der Waals surface area (Å²) in [5.74, 6) is -0.959. The molecule has 0 atom stereocenters. The van der Waals surface area contributed by atoms with Gasteiger partial charge in [-0.1, -0.05) is 30.3 Å². The highest BCUT2D eigenvalue weighted by molar-refractivity contribution is 6.37. The van der Waals surface area contributed by atoms with Gasteiger partial charge in [0.2, 0.25) is 0 Å². The molecule has 0 aliphatic carbocycles. The summed E-state index contributed by atoms with van der Waals surface area (Å²) in [4.78, 5) is 39.9. The Morgan fingerprint density at radius 1 is 1.00 bits per heavy atom. The molecule has 2 amide bonds. The maximum absolute atomic E-state index is 13.2. The van der Waals surface area contributed by atoms with Crippen LogP contribution in [-0.2, 0) is 4.79 Å². The first-order valence-electron chi connectivity index (χ1n) is 13.1. The number of hydrogen-bond acceptors (Lipinski definition) is 5. The lowest BCUT2D eigenvalue weighted by Gasteiger charge is -2.28. The summed E-state index contributed by atoms with van der Waals surface area (Å²) in [6.45, 7) is 4.51. The van der Waals surface area contributed by atoms with Gasteiger partial charge in [-0.3, -0.25) is 9.59 Å². The maximum Gasteiger partial charge on any atom is 0.336 e. The smallest absolute Gasteiger partial charge is 0.336 e. The fourth-order valence-electron chi connectivity index (χ4n) is 5.14. The lowest BCUT2D eigenvalue weighted by atomic mass is 9.96. The van der Waals surface area contributed by atoms with E-state index in [-0.39, 0.29) is 17.4 Å². The minimum atomic E-state index is -1.04. The second-order valence-electron chi connectivity index (χ2n) is 10.2. The summed E-state index contributed by atoms with van der Waals surface area (Å²) >= 11 is 0. The van der Waals surface area contributed by atoms with Crippen molar-refractivity contribution in [2.45, 2.75) is 19.8 Å². The van der Waals surface area contributed by atoms with Crippen LogP contribution >= 0.6 is 0 Å². The molecular weight excluding hydrogens is 492 g/mol. The van der Waals surface area contributed by atoms with Crippen molar-refractivity contribution in [3.63, 3.8) is 0 Å². The second-order valence-corrected chi connectivity index (χ2v) is 10.2. The van der Waals surface area contributed by atoms with E-state index in [9.17, 15) is 19.5 Å². The molecule has 4 N–H and O–H groups in total. The Kier molecular flexibility index (Phi) is 7.47. The van der Waals surface area contributed by atoms with Gasteiger partial charge in [0.25, 0.3) is 11.8 Å². The summed E-state index contributed by atoms with van der Waals surface area (Å²) in [6, 6.07) is 19.9. The zero-order chi connectivity index (χ0) is 27.5. The molecule has 8 nitrogen and oxygen atoms in total. The van der Waals surface area contributed by atoms with Gasteiger partial charge < -0.3 is 26.0 Å². The normalized spacial score (nSPS) is 16.8. The van der Waals surface area contributed by atoms with Gasteiger partial charge in [0, 0.05) is 23.4 Å². The van der Waals surface area contributed by atoms with Crippen LogP contribution in [0, 0.1) is 12.8 Å². The van der Waals surface area contributed by atoms with Crippen molar-refractivity contribution in [3.8, 4) is 0 Å². The first-order chi connectivity index (χ1) is 18.8. The van der Waals surface area contributed by atoms with E-state index in [1.165, 1.54) is 6.07 Å². The Morgan fingerprint density at radius 3 is 2.36 bits per heavy atom. The standard InChI is InChI=1S/C31H32N4O4/c1-19-16-25-26(17-24(19)31(38)39)34-30(37)27(25)28(21-6-4-3-5-7-21)33-23-10-8-22(9-11-23)29(36)32-18-20-12-14-35(2)15-13-20/h3-11,16-17,20,33H,12-15,18H2,1-2H3,(H,32,36)(H,34,37)(H,38,39)/b28-27-. The van der Waals surface area contributed by atoms with Crippen LogP contribution in [0.5, 0.6) is 0 Å². The van der Waals surface area contributed by atoms with E-state index in [1.807, 2.05) is 42.5 Å². The molecule has 0 spiro atoms. The van der Waals surface area contributed by atoms with Crippen molar-refractivity contribution in [2.24, 2.45) is 5.92 Å². The van der Waals surface area contributed by atoms with Gasteiger partial charge in [0.05, 0.1) is 22.5 Å². The largest absolute Gasteiger partial charge is 0.478 e. The highest BCUT2D eigenvalue weighted by atomic mass is 16.4. The molecule has 39 heavy (non-hydrogen) atoms. The molecule has 1 saturated heterocycles. The predicted octanol–water partition coefficient (Wildman–Crippen LogP) is 4.70. The number of piperidine rings is 1. The molecule has 2 aliphatic rings. The van der Waals surface area contributed by atoms with Crippen molar-refractivity contribution in [1.29, 1.82) is 0 Å². The van der Waals surface area contributed by atoms with Crippen LogP contribution in [0.15, 0.2) is 66.7 Å². The third-order valence-electron chi connectivity index (χ3n) is 7.46. The number of aryl methyl sites for hydroxylation is 1. The number of amides is 2. The Labute approximate surface area is 227 Å². The van der Waals surface area contributed by atoms with Crippen LogP contribution in [0.3, 0.4) is 0 Å². The monoisotopic (exact) mass is 524 g/mol. The molecule has 2 heterocycles. The van der Waals surface area contributed by atoms with E-state index in [4.69, 9.17) is 0 Å². The van der Waals surface area contributed by atoms with Crippen LogP contribution in [0.1, 0.15) is 50.2 Å². The molecule has 5 rings (SSSR count). The fraction of sp³-hybridized carbons (Fsp3) is 0.258. The van der Waals surface area contributed by atoms with Crippen molar-refractivity contribution in [2.75, 3.05) is 37.3 Å². The number of benzene rings is 3. The lowest BCUT2D eigenvalue weighted by molar-refractivity contribution is -0.110. The molecule has 3 aromatic carbocycles. The Hall–Kier alpha value is -4.43. The van der Waals surface area contributed by atoms with E-state index in [0.29, 0.717) is 51.8 Å². The number of nitrogens with one attached hydrogen (secondary N) is 3. The molecule has 0 saturated carbocycles. The summed E-state index contributed by atoms with van der Waals surface area (Å²) in [5, 5.41) is 18.8. The number of carbonyl (C=O) groups is 3. The van der Waals surface area contributed by atoms with Crippen LogP contribution in [0.4, 0.5) is 11.4 Å². The Morgan fingerprint density at radius 2 is 1.69 bits per heavy atom. The van der Waals surface area contributed by atoms with Crippen LogP contribution < -0.4 is 16.0 Å². The van der Waals surface area contributed by atoms with Crippen molar-refractivity contribution >= 4 is 40.4 Å². The quantitative estimate of drug-likeness (QED) is 0.334. The number of carboxylic acid groups (broad SMARTS) is 1. The zero-order valence-corrected chi connectivity index (χ0v) is 22.1. The summed E-state index contributed by atoms with van der Waals surface area (Å²) in [6.07, 6.45) is 2.18. The van der Waals surface area contributed by atoms with E-state index in [2.05, 4.69) is 27.9 Å². The van der Waals surface area contributed by atoms with Gasteiger partial charge in [0.1, 0.15) is 0 Å². The number of likely N-dealkylation sites (tertiary alicyclic amines) is 1. The highest BCUT2D eigenvalue weighted by Gasteiger charge is 2.30. The molecular formula is C31H32N4O4. The average Bonchev–Trinajstić information content (AvgIpc) is 3.25. The molecule has 0 bridgehead atoms. The number of fused-ring (bicyclic) bond motifs is 1. The van der Waals surface area contributed by atoms with Gasteiger partial charge in [-0.15, -0.1) is 0 Å². The minimum absolute atomic E-state index is 0.101. The third kappa shape index (κ3) is 5.71. The highest BCUT2D eigenvalue weighted by Crippen LogP contribution is 2.39. The SMILES string of the molecule is Cc1cc2c(cc1C(=O)O)NC(=O)/C2=C(\Nc1ccc(C(=O)NCC2CCN(C)CC2)cc1)c1ccccc1. The number of rotatable bonds is 7. The first kappa shape index (κ1) is 26.2. The van der Waals surface area contributed by atoms with Crippen LogP contribution in [0.25, 0.3) is 11.3 Å². The van der Waals surface area contributed by atoms with E-state index >= 15 is 0 Å². The topological polar surface area (TPSA) is 111 Å². The van der Waals surface area contributed by atoms with Gasteiger partial charge in [-0.2, -0.15) is 0 Å². The number of carboxylic acids is 1. The first-order valence-corrected chi connectivity index (χ1v) is 13.1. The van der Waals surface area contributed by atoms with Crippen molar-refractivity contribution in [3.05, 3.63) is 94.5 Å². The van der Waals surface area contributed by atoms with Gasteiger partial charge in [-0.25, -0.2) is 4.79 Å². The summed E-state index contributed by atoms with van der Waals surface area (Å²) in [7, 11) is 2.12. The van der Waals surface area contributed by atoms with Gasteiger partial charge >= 0.3 is 5.97 Å². The molecule has 1 fully saturated rings. The number of anilines is 2. The zero-order valence-electron chi connectivity index (χ0n) is 22.1. The van der Waals surface area contributed by atoms with Crippen LogP contribution in [0.2, 0.25) is 0 Å². The Balaban J connectivity index is 1.40. The van der Waals surface area contributed by atoms with E-state index in [0.717, 1.165) is 31.5 Å². The molecule has 0 aromatic heterocycles. The second kappa shape index (κ2) is 11.1. The molecule has 3 aromatic rings. The molecule has 0 radical (unpaired) electrons. The van der Waals surface area contributed by atoms with Crippen molar-refractivity contribution in [1.82, 2.24) is 10.2 Å². The summed E-state index contributed by atoms with van der Waals surface area (Å²) in [5.41, 5.74) is 4.92. The van der Waals surface area contributed by atoms with E-state index in [1.54, 1.807) is 25.1 Å². The Bertz CT molecular complexity index is 1440. The lowest BCUT2D eigenvalue weighted by Crippen LogP contribution is -2.36. The predicted molar refractivity (Wildman–Crippen MR) is 153 cm³/mol.